The Balaban J connectivity index is 1.94. The van der Waals surface area contributed by atoms with Crippen LogP contribution in [0.15, 0.2) is 0 Å². The summed E-state index contributed by atoms with van der Waals surface area (Å²) in [7, 11) is 1.84. The van der Waals surface area contributed by atoms with Crippen molar-refractivity contribution >= 4 is 0 Å². The van der Waals surface area contributed by atoms with E-state index in [9.17, 15) is 0 Å². The summed E-state index contributed by atoms with van der Waals surface area (Å²) in [5.74, 6) is 0. The Bertz CT molecular complexity index is 266. The molecule has 1 aliphatic carbocycles. The summed E-state index contributed by atoms with van der Waals surface area (Å²) in [6, 6.07) is 0. The summed E-state index contributed by atoms with van der Waals surface area (Å²) in [5.41, 5.74) is 6.37. The Labute approximate surface area is 118 Å². The lowest BCUT2D eigenvalue weighted by Gasteiger charge is -2.50. The fourth-order valence-electron chi connectivity index (χ4n) is 3.85. The van der Waals surface area contributed by atoms with E-state index in [-0.39, 0.29) is 5.54 Å². The highest BCUT2D eigenvalue weighted by Gasteiger charge is 2.41. The Hall–Kier alpha value is -0.160. The zero-order valence-corrected chi connectivity index (χ0v) is 12.7. The van der Waals surface area contributed by atoms with Gasteiger partial charge in [0.1, 0.15) is 0 Å². The van der Waals surface area contributed by atoms with Crippen molar-refractivity contribution < 1.29 is 4.74 Å². The number of ether oxygens (including phenoxy) is 1. The van der Waals surface area contributed by atoms with Gasteiger partial charge in [-0.15, -0.1) is 0 Å². The van der Waals surface area contributed by atoms with Gasteiger partial charge in [0.05, 0.1) is 6.10 Å². The average molecular weight is 269 g/mol. The maximum absolute atomic E-state index is 6.17. The highest BCUT2D eigenvalue weighted by atomic mass is 16.5. The lowest BCUT2D eigenvalue weighted by Crippen LogP contribution is -2.62. The Morgan fingerprint density at radius 1 is 1.26 bits per heavy atom. The van der Waals surface area contributed by atoms with Crippen molar-refractivity contribution in [1.82, 2.24) is 9.80 Å². The second kappa shape index (κ2) is 7.02. The van der Waals surface area contributed by atoms with E-state index < -0.39 is 0 Å². The summed E-state index contributed by atoms with van der Waals surface area (Å²) in [4.78, 5) is 5.24. The lowest BCUT2D eigenvalue weighted by molar-refractivity contribution is -0.0394. The molecule has 2 fully saturated rings. The van der Waals surface area contributed by atoms with Crippen LogP contribution in [0.3, 0.4) is 0 Å². The van der Waals surface area contributed by atoms with Gasteiger partial charge < -0.3 is 15.4 Å². The third-order valence-corrected chi connectivity index (χ3v) is 5.07. The predicted octanol–water partition coefficient (Wildman–Crippen LogP) is 1.30. The van der Waals surface area contributed by atoms with Gasteiger partial charge in [0, 0.05) is 45.4 Å². The van der Waals surface area contributed by atoms with Gasteiger partial charge in [-0.25, -0.2) is 0 Å². The lowest BCUT2D eigenvalue weighted by atomic mass is 9.78. The van der Waals surface area contributed by atoms with Crippen LogP contribution < -0.4 is 5.73 Å². The highest BCUT2D eigenvalue weighted by Crippen LogP contribution is 2.34. The molecule has 0 amide bonds. The molecule has 2 rings (SSSR count). The molecule has 1 saturated carbocycles. The minimum absolute atomic E-state index is 0.206. The van der Waals surface area contributed by atoms with Crippen LogP contribution in [-0.4, -0.2) is 67.8 Å². The van der Waals surface area contributed by atoms with Crippen molar-refractivity contribution in [2.45, 2.75) is 50.7 Å². The minimum Gasteiger partial charge on any atom is -0.381 e. The molecule has 2 N–H and O–H groups in total. The van der Waals surface area contributed by atoms with Crippen LogP contribution in [0.5, 0.6) is 0 Å². The summed E-state index contributed by atoms with van der Waals surface area (Å²) in [6.07, 6.45) is 6.49. The second-order valence-corrected chi connectivity index (χ2v) is 6.21. The van der Waals surface area contributed by atoms with Gasteiger partial charge >= 0.3 is 0 Å². The molecule has 2 unspecified atom stereocenters. The molecule has 2 atom stereocenters. The fourth-order valence-corrected chi connectivity index (χ4v) is 3.85. The van der Waals surface area contributed by atoms with Crippen LogP contribution in [0.1, 0.15) is 39.0 Å². The maximum Gasteiger partial charge on any atom is 0.0589 e. The van der Waals surface area contributed by atoms with Gasteiger partial charge in [0.25, 0.3) is 0 Å². The Morgan fingerprint density at radius 3 is 2.58 bits per heavy atom. The molecule has 0 radical (unpaired) electrons. The molecule has 1 heterocycles. The SMILES string of the molecule is CCCN1CCN(C2(CN)CCCC(OC)C2)CC1. The first-order chi connectivity index (χ1) is 9.24. The Kier molecular flexibility index (Phi) is 5.63. The van der Waals surface area contributed by atoms with Crippen molar-refractivity contribution in [2.24, 2.45) is 5.73 Å². The zero-order chi connectivity index (χ0) is 13.7. The highest BCUT2D eigenvalue weighted by molar-refractivity contribution is 4.98. The van der Waals surface area contributed by atoms with E-state index >= 15 is 0 Å². The van der Waals surface area contributed by atoms with Crippen LogP contribution in [0.4, 0.5) is 0 Å². The van der Waals surface area contributed by atoms with Crippen molar-refractivity contribution in [3.05, 3.63) is 0 Å². The van der Waals surface area contributed by atoms with Crippen LogP contribution in [0.25, 0.3) is 0 Å². The van der Waals surface area contributed by atoms with E-state index in [1.807, 2.05) is 7.11 Å². The first-order valence-electron chi connectivity index (χ1n) is 7.94. The van der Waals surface area contributed by atoms with Gasteiger partial charge in [0.2, 0.25) is 0 Å². The van der Waals surface area contributed by atoms with Gasteiger partial charge in [-0.1, -0.05) is 6.92 Å². The largest absolute Gasteiger partial charge is 0.381 e. The van der Waals surface area contributed by atoms with E-state index in [0.717, 1.165) is 13.0 Å². The average Bonchev–Trinajstić information content (AvgIpc) is 2.48. The molecule has 1 aliphatic heterocycles. The number of piperazine rings is 1. The van der Waals surface area contributed by atoms with Gasteiger partial charge in [-0.3, -0.25) is 4.90 Å². The number of nitrogens with two attached hydrogens (primary N) is 1. The number of methoxy groups -OCH3 is 1. The topological polar surface area (TPSA) is 41.7 Å². The van der Waals surface area contributed by atoms with Crippen molar-refractivity contribution in [3.63, 3.8) is 0 Å². The van der Waals surface area contributed by atoms with Gasteiger partial charge in [-0.05, 0) is 38.6 Å². The monoisotopic (exact) mass is 269 g/mol. The molecule has 0 aromatic carbocycles. The summed E-state index contributed by atoms with van der Waals surface area (Å²) >= 11 is 0. The summed E-state index contributed by atoms with van der Waals surface area (Å²) < 4.78 is 5.61. The summed E-state index contributed by atoms with van der Waals surface area (Å²) in [6.45, 7) is 9.03. The molecule has 19 heavy (non-hydrogen) atoms. The van der Waals surface area contributed by atoms with Crippen LogP contribution in [-0.2, 0) is 4.74 Å². The van der Waals surface area contributed by atoms with Crippen molar-refractivity contribution in [1.29, 1.82) is 0 Å². The molecule has 2 aliphatic rings. The molecule has 0 bridgehead atoms. The van der Waals surface area contributed by atoms with Gasteiger partial charge in [0.15, 0.2) is 0 Å². The minimum atomic E-state index is 0.206. The zero-order valence-electron chi connectivity index (χ0n) is 12.7. The number of hydrogen-bond donors (Lipinski definition) is 1. The van der Waals surface area contributed by atoms with Crippen molar-refractivity contribution in [2.75, 3.05) is 46.4 Å². The number of hydrogen-bond acceptors (Lipinski definition) is 4. The quantitative estimate of drug-likeness (QED) is 0.817. The van der Waals surface area contributed by atoms with E-state index in [1.165, 1.54) is 58.4 Å². The van der Waals surface area contributed by atoms with Gasteiger partial charge in [-0.2, -0.15) is 0 Å². The second-order valence-electron chi connectivity index (χ2n) is 6.21. The van der Waals surface area contributed by atoms with E-state index in [1.54, 1.807) is 0 Å². The molecule has 0 aromatic rings. The molecule has 4 heteroatoms. The van der Waals surface area contributed by atoms with Crippen LogP contribution in [0, 0.1) is 0 Å². The normalized spacial score (nSPS) is 34.6. The molecule has 0 aromatic heterocycles. The number of rotatable bonds is 5. The van der Waals surface area contributed by atoms with E-state index in [0.29, 0.717) is 6.10 Å². The van der Waals surface area contributed by atoms with Crippen LogP contribution in [0.2, 0.25) is 0 Å². The van der Waals surface area contributed by atoms with Crippen LogP contribution >= 0.6 is 0 Å². The van der Waals surface area contributed by atoms with Crippen molar-refractivity contribution in [3.8, 4) is 0 Å². The fraction of sp³-hybridized carbons (Fsp3) is 1.00. The Morgan fingerprint density at radius 2 is 2.00 bits per heavy atom. The van der Waals surface area contributed by atoms with E-state index in [4.69, 9.17) is 10.5 Å². The first-order valence-corrected chi connectivity index (χ1v) is 7.94. The molecular weight excluding hydrogens is 238 g/mol. The smallest absolute Gasteiger partial charge is 0.0589 e. The molecule has 4 nitrogen and oxygen atoms in total. The number of nitrogens with zero attached hydrogens (tertiary/aromatic N) is 2. The summed E-state index contributed by atoms with van der Waals surface area (Å²) in [5, 5.41) is 0. The third kappa shape index (κ3) is 3.48. The first kappa shape index (κ1) is 15.2. The predicted molar refractivity (Wildman–Crippen MR) is 79.4 cm³/mol. The third-order valence-electron chi connectivity index (χ3n) is 5.07. The van der Waals surface area contributed by atoms with E-state index in [2.05, 4.69) is 16.7 Å². The molecule has 112 valence electrons. The molecule has 0 spiro atoms. The standard InChI is InChI=1S/C15H31N3O/c1-3-7-17-8-10-18(11-9-17)15(13-16)6-4-5-14(12-15)19-2/h14H,3-13,16H2,1-2H3. The molecular formula is C15H31N3O. The molecule has 1 saturated heterocycles. The maximum atomic E-state index is 6.17.